The van der Waals surface area contributed by atoms with Crippen LogP contribution in [0.5, 0.6) is 0 Å². The lowest BCUT2D eigenvalue weighted by Crippen LogP contribution is -2.34. The van der Waals surface area contributed by atoms with Gasteiger partial charge in [0.15, 0.2) is 0 Å². The number of carbonyl (C=O) groups is 1. The maximum absolute atomic E-state index is 13.0. The van der Waals surface area contributed by atoms with Gasteiger partial charge in [-0.1, -0.05) is 37.8 Å². The third-order valence-electron chi connectivity index (χ3n) is 4.48. The van der Waals surface area contributed by atoms with Crippen molar-refractivity contribution < 1.29 is 13.2 Å². The Labute approximate surface area is 155 Å². The molecule has 1 atom stereocenters. The van der Waals surface area contributed by atoms with Gasteiger partial charge in [-0.25, -0.2) is 8.42 Å². The number of hydrogen-bond acceptors (Lipinski definition) is 3. The Kier molecular flexibility index (Phi) is 7.28. The quantitative estimate of drug-likeness (QED) is 0.808. The van der Waals surface area contributed by atoms with Gasteiger partial charge in [0.05, 0.1) is 5.02 Å². The fraction of sp³-hybridized carbons (Fsp3) is 0.611. The van der Waals surface area contributed by atoms with Crippen molar-refractivity contribution in [3.8, 4) is 0 Å². The van der Waals surface area contributed by atoms with Crippen LogP contribution in [0.2, 0.25) is 5.02 Å². The molecule has 1 aromatic rings. The fourth-order valence-corrected chi connectivity index (χ4v) is 5.09. The molecule has 1 aromatic carbocycles. The Morgan fingerprint density at radius 1 is 1.24 bits per heavy atom. The predicted molar refractivity (Wildman–Crippen MR) is 101 cm³/mol. The molecule has 1 saturated heterocycles. The van der Waals surface area contributed by atoms with Gasteiger partial charge < -0.3 is 5.32 Å². The normalized spacial score (nSPS) is 17.7. The Hall–Kier alpha value is -1.11. The van der Waals surface area contributed by atoms with Gasteiger partial charge in [0.2, 0.25) is 10.0 Å². The molecule has 1 fully saturated rings. The van der Waals surface area contributed by atoms with E-state index in [1.54, 1.807) is 6.07 Å². The van der Waals surface area contributed by atoms with E-state index in [0.717, 1.165) is 38.5 Å². The summed E-state index contributed by atoms with van der Waals surface area (Å²) in [5.41, 5.74) is 0.320. The standard InChI is InChI=1S/C18H27ClN2O3S/c1-3-8-14(2)20-18(22)15-9-10-16(19)17(13-15)25(23,24)21-11-6-4-5-7-12-21/h9-10,13-14H,3-8,11-12H2,1-2H3,(H,20,22)/t14-/m0/s1. The van der Waals surface area contributed by atoms with Gasteiger partial charge in [-0.3, -0.25) is 4.79 Å². The first-order chi connectivity index (χ1) is 11.9. The monoisotopic (exact) mass is 386 g/mol. The molecule has 1 heterocycles. The summed E-state index contributed by atoms with van der Waals surface area (Å²) in [6.45, 7) is 4.99. The van der Waals surface area contributed by atoms with E-state index in [1.807, 2.05) is 6.92 Å². The second-order valence-corrected chi connectivity index (χ2v) is 8.94. The number of sulfonamides is 1. The van der Waals surface area contributed by atoms with E-state index in [2.05, 4.69) is 12.2 Å². The smallest absolute Gasteiger partial charge is 0.251 e. The topological polar surface area (TPSA) is 66.5 Å². The Bertz CT molecular complexity index is 698. The highest BCUT2D eigenvalue weighted by molar-refractivity contribution is 7.89. The van der Waals surface area contributed by atoms with Crippen molar-refractivity contribution >= 4 is 27.5 Å². The minimum Gasteiger partial charge on any atom is -0.350 e. The molecule has 0 aliphatic carbocycles. The molecule has 1 amide bonds. The van der Waals surface area contributed by atoms with E-state index >= 15 is 0 Å². The van der Waals surface area contributed by atoms with Crippen molar-refractivity contribution in [2.45, 2.75) is 63.3 Å². The minimum absolute atomic E-state index is 0.0202. The van der Waals surface area contributed by atoms with Gasteiger partial charge >= 0.3 is 0 Å². The maximum Gasteiger partial charge on any atom is 0.251 e. The molecule has 0 bridgehead atoms. The van der Waals surface area contributed by atoms with Gasteiger partial charge in [0, 0.05) is 24.7 Å². The molecule has 5 nitrogen and oxygen atoms in total. The second kappa shape index (κ2) is 9.01. The Balaban J connectivity index is 2.27. The van der Waals surface area contributed by atoms with Crippen LogP contribution in [-0.4, -0.2) is 37.8 Å². The summed E-state index contributed by atoms with van der Waals surface area (Å²) >= 11 is 6.16. The molecular formula is C18H27ClN2O3S. The summed E-state index contributed by atoms with van der Waals surface area (Å²) < 4.78 is 27.4. The lowest BCUT2D eigenvalue weighted by Gasteiger charge is -2.21. The first-order valence-electron chi connectivity index (χ1n) is 8.97. The zero-order chi connectivity index (χ0) is 18.4. The van der Waals surface area contributed by atoms with Crippen molar-refractivity contribution in [3.05, 3.63) is 28.8 Å². The predicted octanol–water partition coefficient (Wildman–Crippen LogP) is 3.82. The Morgan fingerprint density at radius 3 is 2.48 bits per heavy atom. The van der Waals surface area contributed by atoms with Crippen molar-refractivity contribution in [2.75, 3.05) is 13.1 Å². The van der Waals surface area contributed by atoms with Gasteiger partial charge in [-0.15, -0.1) is 0 Å². The molecule has 1 aliphatic heterocycles. The zero-order valence-corrected chi connectivity index (χ0v) is 16.5. The highest BCUT2D eigenvalue weighted by Crippen LogP contribution is 2.27. The number of carbonyl (C=O) groups excluding carboxylic acids is 1. The van der Waals surface area contributed by atoms with Gasteiger partial charge in [0.25, 0.3) is 5.91 Å². The van der Waals surface area contributed by atoms with Crippen LogP contribution in [0.1, 0.15) is 62.7 Å². The molecule has 25 heavy (non-hydrogen) atoms. The summed E-state index contributed by atoms with van der Waals surface area (Å²) in [7, 11) is -3.69. The SMILES string of the molecule is CCC[C@H](C)NC(=O)c1ccc(Cl)c(S(=O)(=O)N2CCCCCC2)c1. The molecule has 1 aliphatic rings. The summed E-state index contributed by atoms with van der Waals surface area (Å²) in [6, 6.07) is 4.50. The summed E-state index contributed by atoms with van der Waals surface area (Å²) in [6.07, 6.45) is 5.63. The van der Waals surface area contributed by atoms with Gasteiger partial charge in [0.1, 0.15) is 4.90 Å². The van der Waals surface area contributed by atoms with Gasteiger partial charge in [-0.2, -0.15) is 4.31 Å². The van der Waals surface area contributed by atoms with Crippen LogP contribution >= 0.6 is 11.6 Å². The van der Waals surface area contributed by atoms with Crippen LogP contribution < -0.4 is 5.32 Å². The number of amides is 1. The molecule has 0 spiro atoms. The van der Waals surface area contributed by atoms with Crippen LogP contribution in [0.4, 0.5) is 0 Å². The molecule has 7 heteroatoms. The molecule has 140 valence electrons. The van der Waals surface area contributed by atoms with Crippen LogP contribution in [-0.2, 0) is 10.0 Å². The largest absolute Gasteiger partial charge is 0.350 e. The summed E-state index contributed by atoms with van der Waals surface area (Å²) in [5.74, 6) is -0.273. The van der Waals surface area contributed by atoms with E-state index in [-0.39, 0.29) is 21.9 Å². The van der Waals surface area contributed by atoms with E-state index in [1.165, 1.54) is 16.4 Å². The van der Waals surface area contributed by atoms with Crippen molar-refractivity contribution in [2.24, 2.45) is 0 Å². The number of rotatable bonds is 6. The van der Waals surface area contributed by atoms with Crippen LogP contribution in [0.3, 0.4) is 0 Å². The number of halogens is 1. The van der Waals surface area contributed by atoms with Crippen molar-refractivity contribution in [1.29, 1.82) is 0 Å². The lowest BCUT2D eigenvalue weighted by atomic mass is 10.1. The van der Waals surface area contributed by atoms with E-state index in [9.17, 15) is 13.2 Å². The first kappa shape index (κ1) is 20.2. The summed E-state index contributed by atoms with van der Waals surface area (Å²) in [5, 5.41) is 3.05. The second-order valence-electron chi connectivity index (χ2n) is 6.63. The molecule has 2 rings (SSSR count). The molecule has 0 unspecified atom stereocenters. The highest BCUT2D eigenvalue weighted by Gasteiger charge is 2.28. The first-order valence-corrected chi connectivity index (χ1v) is 10.8. The van der Waals surface area contributed by atoms with E-state index in [0.29, 0.717) is 18.7 Å². The highest BCUT2D eigenvalue weighted by atomic mass is 35.5. The molecule has 0 saturated carbocycles. The zero-order valence-electron chi connectivity index (χ0n) is 14.9. The average molecular weight is 387 g/mol. The lowest BCUT2D eigenvalue weighted by molar-refractivity contribution is 0.0938. The average Bonchev–Trinajstić information content (AvgIpc) is 2.85. The van der Waals surface area contributed by atoms with Gasteiger partial charge in [-0.05, 0) is 44.4 Å². The van der Waals surface area contributed by atoms with E-state index < -0.39 is 10.0 Å². The molecule has 0 aromatic heterocycles. The maximum atomic E-state index is 13.0. The minimum atomic E-state index is -3.69. The van der Waals surface area contributed by atoms with Crippen molar-refractivity contribution in [1.82, 2.24) is 9.62 Å². The fourth-order valence-electron chi connectivity index (χ4n) is 3.08. The third kappa shape index (κ3) is 5.19. The molecule has 0 radical (unpaired) electrons. The van der Waals surface area contributed by atoms with Crippen molar-refractivity contribution in [3.63, 3.8) is 0 Å². The van der Waals surface area contributed by atoms with E-state index in [4.69, 9.17) is 11.6 Å². The molecule has 1 N–H and O–H groups in total. The van der Waals surface area contributed by atoms with Crippen LogP contribution in [0, 0.1) is 0 Å². The number of hydrogen-bond donors (Lipinski definition) is 1. The molecular weight excluding hydrogens is 360 g/mol. The van der Waals surface area contributed by atoms with Crippen LogP contribution in [0.25, 0.3) is 0 Å². The van der Waals surface area contributed by atoms with Crippen LogP contribution in [0.15, 0.2) is 23.1 Å². The Morgan fingerprint density at radius 2 is 1.88 bits per heavy atom. The number of nitrogens with one attached hydrogen (secondary N) is 1. The number of nitrogens with zero attached hydrogens (tertiary/aromatic N) is 1. The third-order valence-corrected chi connectivity index (χ3v) is 6.86. The summed E-state index contributed by atoms with van der Waals surface area (Å²) in [4.78, 5) is 12.4. The number of benzene rings is 1.